The second-order valence-electron chi connectivity index (χ2n) is 5.57. The van der Waals surface area contributed by atoms with Gasteiger partial charge in [-0.05, 0) is 19.8 Å². The van der Waals surface area contributed by atoms with Crippen LogP contribution in [0, 0.1) is 6.92 Å². The number of sulfone groups is 1. The average molecular weight is 329 g/mol. The van der Waals surface area contributed by atoms with Crippen LogP contribution in [0.1, 0.15) is 24.1 Å². The molecule has 1 aliphatic rings. The molecule has 0 aromatic carbocycles. The summed E-state index contributed by atoms with van der Waals surface area (Å²) < 4.78 is 22.9. The number of carbonyl (C=O) groups is 1. The van der Waals surface area contributed by atoms with Crippen LogP contribution < -0.4 is 11.2 Å². The number of rotatable bonds is 4. The predicted octanol–water partition coefficient (Wildman–Crippen LogP) is -1.05. The quantitative estimate of drug-likeness (QED) is 0.730. The number of aromatic nitrogens is 2. The number of H-pyrrole nitrogens is 2. The molecule has 1 aromatic rings. The Bertz CT molecular complexity index is 793. The number of hydrogen-bond donors (Lipinski definition) is 2. The van der Waals surface area contributed by atoms with Crippen molar-refractivity contribution in [2.75, 3.05) is 18.6 Å². The van der Waals surface area contributed by atoms with Gasteiger partial charge in [-0.25, -0.2) is 13.2 Å². The Hall–Kier alpha value is -1.90. The van der Waals surface area contributed by atoms with E-state index in [0.29, 0.717) is 17.7 Å². The third-order valence-electron chi connectivity index (χ3n) is 3.99. The van der Waals surface area contributed by atoms with E-state index in [1.807, 2.05) is 0 Å². The minimum Gasteiger partial charge on any atom is -0.342 e. The molecular weight excluding hydrogens is 310 g/mol. The van der Waals surface area contributed by atoms with Gasteiger partial charge in [0.2, 0.25) is 5.91 Å². The van der Waals surface area contributed by atoms with Crippen LogP contribution in [0.3, 0.4) is 0 Å². The first-order valence-corrected chi connectivity index (χ1v) is 8.80. The number of hydrogen-bond acceptors (Lipinski definition) is 5. The van der Waals surface area contributed by atoms with Crippen LogP contribution in [0.25, 0.3) is 0 Å². The van der Waals surface area contributed by atoms with Crippen LogP contribution in [0.15, 0.2) is 9.59 Å². The largest absolute Gasteiger partial charge is 0.342 e. The van der Waals surface area contributed by atoms with Crippen molar-refractivity contribution in [2.24, 2.45) is 0 Å². The maximum atomic E-state index is 12.2. The van der Waals surface area contributed by atoms with E-state index < -0.39 is 21.1 Å². The van der Waals surface area contributed by atoms with E-state index in [4.69, 9.17) is 0 Å². The normalized spacial score (nSPS) is 20.0. The zero-order valence-corrected chi connectivity index (χ0v) is 13.3. The molecule has 9 heteroatoms. The van der Waals surface area contributed by atoms with E-state index in [2.05, 4.69) is 9.97 Å². The van der Waals surface area contributed by atoms with Crippen LogP contribution >= 0.6 is 0 Å². The third-order valence-corrected chi connectivity index (χ3v) is 5.74. The zero-order chi connectivity index (χ0) is 16.5. The van der Waals surface area contributed by atoms with Crippen LogP contribution in [-0.2, 0) is 21.1 Å². The summed E-state index contributed by atoms with van der Waals surface area (Å²) in [6.07, 6.45) is 0.729. The molecule has 0 radical (unpaired) electrons. The SMILES string of the molecule is Cc1[nH]c(=O)[nH]c(=O)c1CCC(=O)N(C)[C@H]1CCS(=O)(=O)C1. The first-order chi connectivity index (χ1) is 10.2. The predicted molar refractivity (Wildman–Crippen MR) is 80.6 cm³/mol. The summed E-state index contributed by atoms with van der Waals surface area (Å²) in [5.74, 6) is -0.117. The number of nitrogens with zero attached hydrogens (tertiary/aromatic N) is 1. The van der Waals surface area contributed by atoms with Gasteiger partial charge in [-0.15, -0.1) is 0 Å². The summed E-state index contributed by atoms with van der Waals surface area (Å²) in [7, 11) is -1.47. The Morgan fingerprint density at radius 3 is 2.55 bits per heavy atom. The van der Waals surface area contributed by atoms with Gasteiger partial charge in [0.1, 0.15) is 0 Å². The van der Waals surface area contributed by atoms with Crippen molar-refractivity contribution in [1.82, 2.24) is 14.9 Å². The molecule has 0 bridgehead atoms. The summed E-state index contributed by atoms with van der Waals surface area (Å²) >= 11 is 0. The van der Waals surface area contributed by atoms with Crippen molar-refractivity contribution < 1.29 is 13.2 Å². The molecule has 1 atom stereocenters. The van der Waals surface area contributed by atoms with E-state index in [0.717, 1.165) is 0 Å². The molecule has 0 spiro atoms. The number of carbonyl (C=O) groups excluding carboxylic acids is 1. The lowest BCUT2D eigenvalue weighted by atomic mass is 10.1. The van der Waals surface area contributed by atoms with E-state index in [9.17, 15) is 22.8 Å². The smallest absolute Gasteiger partial charge is 0.325 e. The Morgan fingerprint density at radius 1 is 1.32 bits per heavy atom. The van der Waals surface area contributed by atoms with Crippen molar-refractivity contribution in [2.45, 2.75) is 32.2 Å². The highest BCUT2D eigenvalue weighted by Crippen LogP contribution is 2.17. The topological polar surface area (TPSA) is 120 Å². The number of amides is 1. The zero-order valence-electron chi connectivity index (χ0n) is 12.5. The van der Waals surface area contributed by atoms with Gasteiger partial charge in [0, 0.05) is 30.8 Å². The second-order valence-corrected chi connectivity index (χ2v) is 7.80. The van der Waals surface area contributed by atoms with E-state index in [-0.39, 0.29) is 36.3 Å². The maximum Gasteiger partial charge on any atom is 0.325 e. The maximum absolute atomic E-state index is 12.2. The number of nitrogens with one attached hydrogen (secondary N) is 2. The summed E-state index contributed by atoms with van der Waals surface area (Å²) in [6, 6.07) is -0.299. The fourth-order valence-electron chi connectivity index (χ4n) is 2.62. The molecule has 1 aliphatic heterocycles. The molecule has 1 saturated heterocycles. The minimum atomic E-state index is -3.05. The van der Waals surface area contributed by atoms with Crippen molar-refractivity contribution in [1.29, 1.82) is 0 Å². The molecule has 122 valence electrons. The molecule has 0 aliphatic carbocycles. The van der Waals surface area contributed by atoms with Crippen molar-refractivity contribution >= 4 is 15.7 Å². The molecule has 0 unspecified atom stereocenters. The Kier molecular flexibility index (Phi) is 4.55. The second kappa shape index (κ2) is 6.07. The van der Waals surface area contributed by atoms with E-state index in [1.54, 1.807) is 14.0 Å². The van der Waals surface area contributed by atoms with Crippen LogP contribution in [0.2, 0.25) is 0 Å². The van der Waals surface area contributed by atoms with Crippen molar-refractivity contribution in [3.05, 3.63) is 32.1 Å². The molecule has 8 nitrogen and oxygen atoms in total. The summed E-state index contributed by atoms with van der Waals surface area (Å²) in [5.41, 5.74) is -0.279. The highest BCUT2D eigenvalue weighted by atomic mass is 32.2. The molecule has 0 saturated carbocycles. The number of aryl methyl sites for hydroxylation is 1. The van der Waals surface area contributed by atoms with Crippen LogP contribution in [0.5, 0.6) is 0 Å². The fraction of sp³-hybridized carbons (Fsp3) is 0.615. The van der Waals surface area contributed by atoms with Gasteiger partial charge in [0.15, 0.2) is 9.84 Å². The molecule has 2 rings (SSSR count). The van der Waals surface area contributed by atoms with Gasteiger partial charge in [-0.1, -0.05) is 0 Å². The minimum absolute atomic E-state index is 0.00644. The summed E-state index contributed by atoms with van der Waals surface area (Å²) in [4.78, 5) is 41.0. The van der Waals surface area contributed by atoms with Gasteiger partial charge >= 0.3 is 5.69 Å². The van der Waals surface area contributed by atoms with Crippen molar-refractivity contribution in [3.8, 4) is 0 Å². The van der Waals surface area contributed by atoms with E-state index in [1.165, 1.54) is 4.90 Å². The highest BCUT2D eigenvalue weighted by Gasteiger charge is 2.32. The van der Waals surface area contributed by atoms with Gasteiger partial charge in [-0.3, -0.25) is 14.6 Å². The summed E-state index contributed by atoms with van der Waals surface area (Å²) in [5, 5.41) is 0. The third kappa shape index (κ3) is 3.65. The monoisotopic (exact) mass is 329 g/mol. The van der Waals surface area contributed by atoms with Gasteiger partial charge in [-0.2, -0.15) is 0 Å². The lowest BCUT2D eigenvalue weighted by Crippen LogP contribution is -2.38. The van der Waals surface area contributed by atoms with E-state index >= 15 is 0 Å². The highest BCUT2D eigenvalue weighted by molar-refractivity contribution is 7.91. The Labute approximate surface area is 127 Å². The van der Waals surface area contributed by atoms with Gasteiger partial charge in [0.05, 0.1) is 11.5 Å². The van der Waals surface area contributed by atoms with Gasteiger partial charge in [0.25, 0.3) is 5.56 Å². The van der Waals surface area contributed by atoms with Crippen LogP contribution in [-0.4, -0.2) is 53.8 Å². The fourth-order valence-corrected chi connectivity index (χ4v) is 4.39. The van der Waals surface area contributed by atoms with Crippen LogP contribution in [0.4, 0.5) is 0 Å². The molecular formula is C13H19N3O5S. The first-order valence-electron chi connectivity index (χ1n) is 6.98. The lowest BCUT2D eigenvalue weighted by molar-refractivity contribution is -0.131. The van der Waals surface area contributed by atoms with Gasteiger partial charge < -0.3 is 9.88 Å². The Morgan fingerprint density at radius 2 is 2.00 bits per heavy atom. The number of aromatic amines is 2. The molecule has 22 heavy (non-hydrogen) atoms. The average Bonchev–Trinajstić information content (AvgIpc) is 2.76. The molecule has 1 amide bonds. The molecule has 2 heterocycles. The molecule has 2 N–H and O–H groups in total. The first kappa shape index (κ1) is 16.5. The molecule has 1 fully saturated rings. The molecule has 1 aromatic heterocycles. The summed E-state index contributed by atoms with van der Waals surface area (Å²) in [6.45, 7) is 1.60. The van der Waals surface area contributed by atoms with Crippen molar-refractivity contribution in [3.63, 3.8) is 0 Å². The lowest BCUT2D eigenvalue weighted by Gasteiger charge is -2.23. The standard InChI is InChI=1S/C13H19N3O5S/c1-8-10(12(18)15-13(19)14-8)3-4-11(17)16(2)9-5-6-22(20,21)7-9/h9H,3-7H2,1-2H3,(H2,14,15,18,19)/t9-/m0/s1. The Balaban J connectivity index is 2.02.